The number of esters is 1. The largest absolute Gasteiger partial charge is 0.459 e. The van der Waals surface area contributed by atoms with Crippen LogP contribution in [0, 0.1) is 0 Å². The van der Waals surface area contributed by atoms with Crippen LogP contribution < -0.4 is 0 Å². The second kappa shape index (κ2) is 6.36. The fourth-order valence-corrected chi connectivity index (χ4v) is 2.06. The second-order valence-electron chi connectivity index (χ2n) is 4.78. The van der Waals surface area contributed by atoms with Crippen molar-refractivity contribution in [2.75, 3.05) is 26.2 Å². The van der Waals surface area contributed by atoms with Crippen molar-refractivity contribution in [2.24, 2.45) is 0 Å². The summed E-state index contributed by atoms with van der Waals surface area (Å²) in [7, 11) is 0. The van der Waals surface area contributed by atoms with Gasteiger partial charge in [0.25, 0.3) is 0 Å². The lowest BCUT2D eigenvalue weighted by Crippen LogP contribution is -2.49. The molecule has 0 bridgehead atoms. The number of hydrogen-bond donors (Lipinski definition) is 0. The highest BCUT2D eigenvalue weighted by Gasteiger charge is 2.26. The maximum absolute atomic E-state index is 11.5. The Morgan fingerprint density at radius 3 is 1.79 bits per heavy atom. The normalized spacial score (nSPS) is 17.7. The Morgan fingerprint density at radius 2 is 1.47 bits per heavy atom. The van der Waals surface area contributed by atoms with Crippen molar-refractivity contribution >= 4 is 17.8 Å². The average molecular weight is 268 g/mol. The van der Waals surface area contributed by atoms with E-state index in [2.05, 4.69) is 6.58 Å². The topological polar surface area (TPSA) is 66.9 Å². The van der Waals surface area contributed by atoms with Gasteiger partial charge in [0.2, 0.25) is 11.8 Å². The number of hydrogen-bond acceptors (Lipinski definition) is 4. The number of ether oxygens (including phenoxy) is 1. The second-order valence-corrected chi connectivity index (χ2v) is 4.78. The molecule has 6 nitrogen and oxygen atoms in total. The van der Waals surface area contributed by atoms with Gasteiger partial charge in [-0.15, -0.1) is 0 Å². The van der Waals surface area contributed by atoms with Crippen LogP contribution >= 0.6 is 0 Å². The van der Waals surface area contributed by atoms with E-state index in [9.17, 15) is 14.4 Å². The molecule has 0 aromatic carbocycles. The highest BCUT2D eigenvalue weighted by Crippen LogP contribution is 2.11. The lowest BCUT2D eigenvalue weighted by molar-refractivity contribution is -0.152. The summed E-state index contributed by atoms with van der Waals surface area (Å²) in [6.07, 6.45) is -0.501. The SMILES string of the molecule is C=C1CN(C(C)=O)CC(OC(C)=O)CN(C(C)=O)C1. The minimum absolute atomic E-state index is 0.102. The van der Waals surface area contributed by atoms with Crippen molar-refractivity contribution in [3.05, 3.63) is 12.2 Å². The highest BCUT2D eigenvalue weighted by molar-refractivity contribution is 5.75. The first-order chi connectivity index (χ1) is 8.79. The van der Waals surface area contributed by atoms with E-state index in [1.165, 1.54) is 20.8 Å². The van der Waals surface area contributed by atoms with Crippen LogP contribution in [0.5, 0.6) is 0 Å². The molecule has 2 amide bonds. The van der Waals surface area contributed by atoms with Gasteiger partial charge in [-0.1, -0.05) is 6.58 Å². The highest BCUT2D eigenvalue weighted by atomic mass is 16.5. The molecule has 0 radical (unpaired) electrons. The fourth-order valence-electron chi connectivity index (χ4n) is 2.06. The molecule has 0 saturated carbocycles. The molecule has 0 atom stereocenters. The molecule has 0 unspecified atom stereocenters. The van der Waals surface area contributed by atoms with Crippen LogP contribution in [-0.2, 0) is 19.1 Å². The van der Waals surface area contributed by atoms with E-state index in [0.717, 1.165) is 5.57 Å². The van der Waals surface area contributed by atoms with Gasteiger partial charge in [0.15, 0.2) is 0 Å². The number of rotatable bonds is 1. The van der Waals surface area contributed by atoms with E-state index in [4.69, 9.17) is 4.74 Å². The van der Waals surface area contributed by atoms with Gasteiger partial charge in [0.1, 0.15) is 6.10 Å². The molecule has 1 aliphatic heterocycles. The Bertz CT molecular complexity index is 377. The van der Waals surface area contributed by atoms with Gasteiger partial charge in [0, 0.05) is 33.9 Å². The Kier molecular flexibility index (Phi) is 5.09. The zero-order valence-corrected chi connectivity index (χ0v) is 11.6. The van der Waals surface area contributed by atoms with Crippen LogP contribution in [0.15, 0.2) is 12.2 Å². The Morgan fingerprint density at radius 1 is 1.05 bits per heavy atom. The zero-order chi connectivity index (χ0) is 14.6. The van der Waals surface area contributed by atoms with Gasteiger partial charge >= 0.3 is 5.97 Å². The molecule has 0 aromatic heterocycles. The number of nitrogens with zero attached hydrogens (tertiary/aromatic N) is 2. The first-order valence-electron chi connectivity index (χ1n) is 6.14. The van der Waals surface area contributed by atoms with E-state index >= 15 is 0 Å². The van der Waals surface area contributed by atoms with Crippen LogP contribution in [0.3, 0.4) is 0 Å². The molecule has 0 aromatic rings. The van der Waals surface area contributed by atoms with Crippen molar-refractivity contribution in [1.82, 2.24) is 9.80 Å². The van der Waals surface area contributed by atoms with Crippen molar-refractivity contribution < 1.29 is 19.1 Å². The Labute approximate surface area is 113 Å². The third-order valence-electron chi connectivity index (χ3n) is 2.90. The van der Waals surface area contributed by atoms with E-state index in [1.54, 1.807) is 9.80 Å². The fraction of sp³-hybridized carbons (Fsp3) is 0.615. The summed E-state index contributed by atoms with van der Waals surface area (Å²) in [5, 5.41) is 0. The quantitative estimate of drug-likeness (QED) is 0.503. The summed E-state index contributed by atoms with van der Waals surface area (Å²) in [5.41, 5.74) is 0.784. The van der Waals surface area contributed by atoms with Crippen LogP contribution in [0.1, 0.15) is 20.8 Å². The number of carbonyl (C=O) groups excluding carboxylic acids is 3. The maximum atomic E-state index is 11.5. The van der Waals surface area contributed by atoms with Crippen molar-refractivity contribution in [3.63, 3.8) is 0 Å². The van der Waals surface area contributed by atoms with Crippen LogP contribution in [0.2, 0.25) is 0 Å². The van der Waals surface area contributed by atoms with Crippen LogP contribution in [0.25, 0.3) is 0 Å². The summed E-state index contributed by atoms with van der Waals surface area (Å²) in [6, 6.07) is 0. The van der Waals surface area contributed by atoms with E-state index < -0.39 is 12.1 Å². The summed E-state index contributed by atoms with van der Waals surface area (Å²) in [4.78, 5) is 37.3. The van der Waals surface area contributed by atoms with Crippen molar-refractivity contribution in [2.45, 2.75) is 26.9 Å². The van der Waals surface area contributed by atoms with Gasteiger partial charge in [-0.05, 0) is 5.57 Å². The zero-order valence-electron chi connectivity index (χ0n) is 11.6. The number of amides is 2. The Balaban J connectivity index is 2.87. The average Bonchev–Trinajstić information content (AvgIpc) is 2.23. The third kappa shape index (κ3) is 4.73. The summed E-state index contributed by atoms with van der Waals surface area (Å²) < 4.78 is 5.17. The molecule has 19 heavy (non-hydrogen) atoms. The van der Waals surface area contributed by atoms with Crippen molar-refractivity contribution in [1.29, 1.82) is 0 Å². The molecule has 0 spiro atoms. The molecule has 106 valence electrons. The van der Waals surface area contributed by atoms with Gasteiger partial charge in [0.05, 0.1) is 13.1 Å². The molecule has 1 saturated heterocycles. The molecule has 1 rings (SSSR count). The van der Waals surface area contributed by atoms with Gasteiger partial charge < -0.3 is 14.5 Å². The first-order valence-corrected chi connectivity index (χ1v) is 6.14. The van der Waals surface area contributed by atoms with Crippen LogP contribution in [0.4, 0.5) is 0 Å². The molecule has 1 heterocycles. The molecule has 0 N–H and O–H groups in total. The van der Waals surface area contributed by atoms with E-state index in [1.807, 2.05) is 0 Å². The third-order valence-corrected chi connectivity index (χ3v) is 2.90. The van der Waals surface area contributed by atoms with E-state index in [-0.39, 0.29) is 24.9 Å². The van der Waals surface area contributed by atoms with Crippen LogP contribution in [-0.4, -0.2) is 59.9 Å². The summed E-state index contributed by atoms with van der Waals surface area (Å²) in [5.74, 6) is -0.624. The molecular weight excluding hydrogens is 248 g/mol. The van der Waals surface area contributed by atoms with Gasteiger partial charge in [-0.3, -0.25) is 14.4 Å². The van der Waals surface area contributed by atoms with Gasteiger partial charge in [-0.25, -0.2) is 0 Å². The molecular formula is C13H20N2O4. The Hall–Kier alpha value is -1.85. The predicted molar refractivity (Wildman–Crippen MR) is 69.2 cm³/mol. The molecule has 1 aliphatic rings. The van der Waals surface area contributed by atoms with Gasteiger partial charge in [-0.2, -0.15) is 0 Å². The minimum atomic E-state index is -0.501. The number of carbonyl (C=O) groups is 3. The minimum Gasteiger partial charge on any atom is -0.459 e. The summed E-state index contributed by atoms with van der Waals surface area (Å²) >= 11 is 0. The maximum Gasteiger partial charge on any atom is 0.303 e. The molecule has 0 aliphatic carbocycles. The predicted octanol–water partition coefficient (Wildman–Crippen LogP) is 0.185. The summed E-state index contributed by atoms with van der Waals surface area (Å²) in [6.45, 7) is 9.40. The molecule has 6 heteroatoms. The first kappa shape index (κ1) is 15.2. The molecule has 1 fully saturated rings. The lowest BCUT2D eigenvalue weighted by Gasteiger charge is -2.35. The monoisotopic (exact) mass is 268 g/mol. The van der Waals surface area contributed by atoms with E-state index in [0.29, 0.717) is 13.1 Å². The lowest BCUT2D eigenvalue weighted by atomic mass is 10.1. The van der Waals surface area contributed by atoms with Crippen molar-refractivity contribution in [3.8, 4) is 0 Å². The standard InChI is InChI=1S/C13H20N2O4/c1-9-5-14(10(2)16)7-13(19-12(4)18)8-15(6-9)11(3)17/h13H,1,5-8H2,2-4H3. The smallest absolute Gasteiger partial charge is 0.303 e.